The van der Waals surface area contributed by atoms with Crippen molar-refractivity contribution in [1.82, 2.24) is 29.4 Å². The van der Waals surface area contributed by atoms with Gasteiger partial charge in [0, 0.05) is 19.0 Å². The van der Waals surface area contributed by atoms with Crippen LogP contribution < -0.4 is 5.56 Å². The Balaban J connectivity index is 0.000000858. The maximum Gasteiger partial charge on any atom is 0.290 e. The lowest BCUT2D eigenvalue weighted by atomic mass is 10.0. The van der Waals surface area contributed by atoms with Gasteiger partial charge in [0.05, 0.1) is 18.3 Å². The summed E-state index contributed by atoms with van der Waals surface area (Å²) >= 11 is 0. The third-order valence-electron chi connectivity index (χ3n) is 4.91. The summed E-state index contributed by atoms with van der Waals surface area (Å²) in [7, 11) is 0. The molecule has 0 fully saturated rings. The standard InChI is InChI=1S/C20H22N6O2.CH2O2/c1-14-8-9-18(27)26(22-14)13-19(28)24-10-11-25-20(21-15(2)23-25)17(24)12-16-6-4-3-5-7-16;2-1-3/h3-9,17H,10-13H2,1-2H3;1H,(H,2,3)/t17-;/m0./s1. The lowest BCUT2D eigenvalue weighted by molar-refractivity contribution is -0.136. The van der Waals surface area contributed by atoms with E-state index in [9.17, 15) is 9.59 Å². The zero-order valence-corrected chi connectivity index (χ0v) is 17.4. The second-order valence-corrected chi connectivity index (χ2v) is 7.11. The summed E-state index contributed by atoms with van der Waals surface area (Å²) in [5, 5.41) is 15.5. The molecule has 1 aliphatic rings. The average molecular weight is 424 g/mol. The maximum absolute atomic E-state index is 13.1. The fraction of sp³-hybridized carbons (Fsp3) is 0.333. The first kappa shape index (κ1) is 21.9. The van der Waals surface area contributed by atoms with Gasteiger partial charge in [0.2, 0.25) is 5.91 Å². The molecule has 1 N–H and O–H groups in total. The Hall–Kier alpha value is -3.82. The quantitative estimate of drug-likeness (QED) is 0.619. The Bertz CT molecular complexity index is 1110. The second kappa shape index (κ2) is 9.79. The van der Waals surface area contributed by atoms with Gasteiger partial charge in [-0.3, -0.25) is 14.4 Å². The van der Waals surface area contributed by atoms with Crippen molar-refractivity contribution in [2.24, 2.45) is 0 Å². The lowest BCUT2D eigenvalue weighted by Gasteiger charge is -2.35. The van der Waals surface area contributed by atoms with Crippen LogP contribution in [-0.2, 0) is 29.1 Å². The van der Waals surface area contributed by atoms with Crippen molar-refractivity contribution in [3.63, 3.8) is 0 Å². The minimum Gasteiger partial charge on any atom is -0.483 e. The summed E-state index contributed by atoms with van der Waals surface area (Å²) < 4.78 is 3.10. The number of benzene rings is 1. The van der Waals surface area contributed by atoms with Crippen LogP contribution in [0.25, 0.3) is 0 Å². The van der Waals surface area contributed by atoms with E-state index >= 15 is 0 Å². The minimum absolute atomic E-state index is 0.0844. The summed E-state index contributed by atoms with van der Waals surface area (Å²) in [5.41, 5.74) is 1.53. The number of carboxylic acid groups (broad SMARTS) is 1. The van der Waals surface area contributed by atoms with Crippen molar-refractivity contribution in [3.05, 3.63) is 75.7 Å². The van der Waals surface area contributed by atoms with Crippen LogP contribution in [0.5, 0.6) is 0 Å². The fourth-order valence-electron chi connectivity index (χ4n) is 3.60. The molecule has 162 valence electrons. The van der Waals surface area contributed by atoms with Crippen LogP contribution in [0.3, 0.4) is 0 Å². The summed E-state index contributed by atoms with van der Waals surface area (Å²) in [5.74, 6) is 1.33. The molecule has 3 aromatic rings. The van der Waals surface area contributed by atoms with E-state index in [1.807, 2.05) is 41.9 Å². The molecule has 0 bridgehead atoms. The van der Waals surface area contributed by atoms with Gasteiger partial charge < -0.3 is 10.0 Å². The van der Waals surface area contributed by atoms with Gasteiger partial charge in [-0.25, -0.2) is 14.3 Å². The monoisotopic (exact) mass is 424 g/mol. The number of aryl methyl sites for hydroxylation is 2. The van der Waals surface area contributed by atoms with Crippen molar-refractivity contribution < 1.29 is 14.7 Å². The first-order valence-corrected chi connectivity index (χ1v) is 9.80. The second-order valence-electron chi connectivity index (χ2n) is 7.11. The van der Waals surface area contributed by atoms with E-state index in [0.717, 1.165) is 11.4 Å². The number of hydrogen-bond donors (Lipinski definition) is 1. The molecule has 0 saturated heterocycles. The van der Waals surface area contributed by atoms with E-state index in [2.05, 4.69) is 15.2 Å². The molecule has 0 radical (unpaired) electrons. The third kappa shape index (κ3) is 5.21. The number of carbonyl (C=O) groups is 2. The summed E-state index contributed by atoms with van der Waals surface area (Å²) in [6.07, 6.45) is 0.640. The predicted octanol–water partition coefficient (Wildman–Crippen LogP) is 0.979. The van der Waals surface area contributed by atoms with E-state index in [-0.39, 0.29) is 30.5 Å². The van der Waals surface area contributed by atoms with Gasteiger partial charge >= 0.3 is 0 Å². The first-order chi connectivity index (χ1) is 14.9. The molecule has 3 heterocycles. The number of nitrogens with zero attached hydrogens (tertiary/aromatic N) is 6. The number of rotatable bonds is 4. The van der Waals surface area contributed by atoms with Crippen LogP contribution in [0.1, 0.15) is 28.9 Å². The van der Waals surface area contributed by atoms with Crippen molar-refractivity contribution >= 4 is 12.4 Å². The molecule has 1 aliphatic heterocycles. The Morgan fingerprint density at radius 1 is 1.13 bits per heavy atom. The van der Waals surface area contributed by atoms with Crippen LogP contribution in [0.2, 0.25) is 0 Å². The van der Waals surface area contributed by atoms with Gasteiger partial charge in [-0.05, 0) is 25.5 Å². The van der Waals surface area contributed by atoms with E-state index in [0.29, 0.717) is 31.0 Å². The molecule has 1 aromatic carbocycles. The van der Waals surface area contributed by atoms with Crippen LogP contribution in [0.15, 0.2) is 47.3 Å². The Morgan fingerprint density at radius 3 is 2.55 bits per heavy atom. The van der Waals surface area contributed by atoms with Gasteiger partial charge in [0.25, 0.3) is 12.0 Å². The molecule has 2 aromatic heterocycles. The zero-order chi connectivity index (χ0) is 22.4. The minimum atomic E-state index is -0.283. The summed E-state index contributed by atoms with van der Waals surface area (Å²) in [6, 6.07) is 12.9. The molecule has 10 nitrogen and oxygen atoms in total. The molecule has 0 saturated carbocycles. The molecule has 1 amide bonds. The largest absolute Gasteiger partial charge is 0.483 e. The molecule has 1 atom stereocenters. The number of amides is 1. The highest BCUT2D eigenvalue weighted by Crippen LogP contribution is 2.28. The molecule has 4 rings (SSSR count). The molecular formula is C21H24N6O4. The van der Waals surface area contributed by atoms with Crippen molar-refractivity contribution in [2.45, 2.75) is 39.4 Å². The van der Waals surface area contributed by atoms with Gasteiger partial charge in [-0.15, -0.1) is 0 Å². The number of aromatic nitrogens is 5. The van der Waals surface area contributed by atoms with Gasteiger partial charge in [0.15, 0.2) is 0 Å². The van der Waals surface area contributed by atoms with Crippen molar-refractivity contribution in [3.8, 4) is 0 Å². The predicted molar refractivity (Wildman–Crippen MR) is 111 cm³/mol. The van der Waals surface area contributed by atoms with E-state index < -0.39 is 0 Å². The van der Waals surface area contributed by atoms with Gasteiger partial charge in [-0.1, -0.05) is 30.3 Å². The highest BCUT2D eigenvalue weighted by atomic mass is 16.3. The molecule has 10 heteroatoms. The normalized spacial score (nSPS) is 14.9. The van der Waals surface area contributed by atoms with E-state index in [1.165, 1.54) is 10.7 Å². The lowest BCUT2D eigenvalue weighted by Crippen LogP contribution is -2.46. The van der Waals surface area contributed by atoms with Gasteiger partial charge in [-0.2, -0.15) is 10.2 Å². The van der Waals surface area contributed by atoms with E-state index in [1.54, 1.807) is 17.9 Å². The smallest absolute Gasteiger partial charge is 0.290 e. The maximum atomic E-state index is 13.1. The van der Waals surface area contributed by atoms with Gasteiger partial charge in [0.1, 0.15) is 18.2 Å². The molecule has 0 spiro atoms. The van der Waals surface area contributed by atoms with E-state index in [4.69, 9.17) is 9.90 Å². The van der Waals surface area contributed by atoms with Crippen LogP contribution in [0, 0.1) is 13.8 Å². The van der Waals surface area contributed by atoms with Crippen LogP contribution >= 0.6 is 0 Å². The fourth-order valence-corrected chi connectivity index (χ4v) is 3.60. The Kier molecular flexibility index (Phi) is 6.91. The number of carbonyl (C=O) groups excluding carboxylic acids is 1. The number of fused-ring (bicyclic) bond motifs is 1. The highest BCUT2D eigenvalue weighted by molar-refractivity contribution is 5.76. The molecule has 0 unspecified atom stereocenters. The summed E-state index contributed by atoms with van der Waals surface area (Å²) in [6.45, 7) is 4.42. The topological polar surface area (TPSA) is 123 Å². The summed E-state index contributed by atoms with van der Waals surface area (Å²) in [4.78, 5) is 39.9. The van der Waals surface area contributed by atoms with Crippen molar-refractivity contribution in [1.29, 1.82) is 0 Å². The van der Waals surface area contributed by atoms with Crippen molar-refractivity contribution in [2.75, 3.05) is 6.54 Å². The highest BCUT2D eigenvalue weighted by Gasteiger charge is 2.33. The molecular weight excluding hydrogens is 400 g/mol. The Morgan fingerprint density at radius 2 is 1.84 bits per heavy atom. The SMILES string of the molecule is Cc1ccc(=O)n(CC(=O)N2CCn3nc(C)nc3[C@@H]2Cc2ccccc2)n1.O=CO. The van der Waals surface area contributed by atoms with Crippen LogP contribution in [0.4, 0.5) is 0 Å². The molecule has 31 heavy (non-hydrogen) atoms. The first-order valence-electron chi connectivity index (χ1n) is 9.80. The zero-order valence-electron chi connectivity index (χ0n) is 17.4. The molecule has 0 aliphatic carbocycles. The number of hydrogen-bond acceptors (Lipinski definition) is 6. The van der Waals surface area contributed by atoms with Crippen LogP contribution in [-0.4, -0.2) is 53.5 Å². The average Bonchev–Trinajstić information content (AvgIpc) is 3.13. The third-order valence-corrected chi connectivity index (χ3v) is 4.91. The Labute approximate surface area is 178 Å².